The second kappa shape index (κ2) is 7.25. The van der Waals surface area contributed by atoms with Crippen LogP contribution in [0.2, 0.25) is 0 Å². The topological polar surface area (TPSA) is 30.5 Å². The molecule has 1 aliphatic carbocycles. The van der Waals surface area contributed by atoms with E-state index in [2.05, 4.69) is 19.2 Å². The van der Waals surface area contributed by atoms with Gasteiger partial charge in [-0.25, -0.2) is 0 Å². The summed E-state index contributed by atoms with van der Waals surface area (Å²) in [5.41, 5.74) is 0.109. The molecule has 0 radical (unpaired) electrons. The quantitative estimate of drug-likeness (QED) is 0.648. The minimum atomic E-state index is 0.109. The number of hydrogen-bond donors (Lipinski definition) is 1. The molecule has 0 aliphatic heterocycles. The van der Waals surface area contributed by atoms with Crippen LogP contribution in [-0.2, 0) is 9.47 Å². The fraction of sp³-hybridized carbons (Fsp3) is 1.00. The second-order valence-corrected chi connectivity index (χ2v) is 5.12. The van der Waals surface area contributed by atoms with Gasteiger partial charge < -0.3 is 14.8 Å². The van der Waals surface area contributed by atoms with Gasteiger partial charge in [-0.3, -0.25) is 0 Å². The first-order valence-electron chi connectivity index (χ1n) is 6.55. The third kappa shape index (κ3) is 4.81. The Labute approximate surface area is 99.9 Å². The zero-order valence-corrected chi connectivity index (χ0v) is 11.1. The molecule has 0 unspecified atom stereocenters. The summed E-state index contributed by atoms with van der Waals surface area (Å²) < 4.78 is 11.1. The maximum Gasteiger partial charge on any atom is 0.0806 e. The Kier molecular flexibility index (Phi) is 6.32. The maximum atomic E-state index is 6.10. The van der Waals surface area contributed by atoms with Crippen LogP contribution in [0.25, 0.3) is 0 Å². The first kappa shape index (κ1) is 13.9. The average molecular weight is 229 g/mol. The van der Waals surface area contributed by atoms with Crippen LogP contribution in [0.4, 0.5) is 0 Å². The highest BCUT2D eigenvalue weighted by atomic mass is 16.5. The maximum absolute atomic E-state index is 6.10. The van der Waals surface area contributed by atoms with Crippen molar-refractivity contribution in [1.82, 2.24) is 5.32 Å². The molecule has 1 fully saturated rings. The largest absolute Gasteiger partial charge is 0.385 e. The molecule has 1 N–H and O–H groups in total. The molecule has 1 rings (SSSR count). The van der Waals surface area contributed by atoms with E-state index in [9.17, 15) is 0 Å². The van der Waals surface area contributed by atoms with Gasteiger partial charge in [0.05, 0.1) is 5.60 Å². The highest BCUT2D eigenvalue weighted by Gasteiger charge is 2.34. The Morgan fingerprint density at radius 2 is 1.88 bits per heavy atom. The molecule has 0 heterocycles. The SMILES string of the molecule is COCCCOC1(CNC(C)C)CCCC1. The molecule has 1 saturated carbocycles. The van der Waals surface area contributed by atoms with Gasteiger partial charge in [0.1, 0.15) is 0 Å². The van der Waals surface area contributed by atoms with Gasteiger partial charge in [-0.1, -0.05) is 26.7 Å². The van der Waals surface area contributed by atoms with Gasteiger partial charge in [0.2, 0.25) is 0 Å². The molecular formula is C13H27NO2. The van der Waals surface area contributed by atoms with E-state index in [1.165, 1.54) is 25.7 Å². The first-order valence-corrected chi connectivity index (χ1v) is 6.55. The van der Waals surface area contributed by atoms with Crippen LogP contribution in [0.1, 0.15) is 46.0 Å². The van der Waals surface area contributed by atoms with Crippen LogP contribution < -0.4 is 5.32 Å². The molecule has 0 atom stereocenters. The number of hydrogen-bond acceptors (Lipinski definition) is 3. The zero-order valence-electron chi connectivity index (χ0n) is 11.1. The lowest BCUT2D eigenvalue weighted by Crippen LogP contribution is -2.43. The van der Waals surface area contributed by atoms with Crippen LogP contribution >= 0.6 is 0 Å². The van der Waals surface area contributed by atoms with E-state index < -0.39 is 0 Å². The van der Waals surface area contributed by atoms with Crippen LogP contribution in [0.3, 0.4) is 0 Å². The molecule has 3 nitrogen and oxygen atoms in total. The monoisotopic (exact) mass is 229 g/mol. The summed E-state index contributed by atoms with van der Waals surface area (Å²) in [5.74, 6) is 0. The van der Waals surface area contributed by atoms with Gasteiger partial charge >= 0.3 is 0 Å². The van der Waals surface area contributed by atoms with Crippen molar-refractivity contribution in [3.63, 3.8) is 0 Å². The molecule has 0 bridgehead atoms. The average Bonchev–Trinajstić information content (AvgIpc) is 2.71. The lowest BCUT2D eigenvalue weighted by atomic mass is 10.0. The van der Waals surface area contributed by atoms with E-state index in [0.717, 1.165) is 26.2 Å². The summed E-state index contributed by atoms with van der Waals surface area (Å²) in [6.07, 6.45) is 6.04. The molecular weight excluding hydrogens is 202 g/mol. The van der Waals surface area contributed by atoms with Gasteiger partial charge in [-0.2, -0.15) is 0 Å². The van der Waals surface area contributed by atoms with Crippen LogP contribution in [0.5, 0.6) is 0 Å². The first-order chi connectivity index (χ1) is 7.68. The van der Waals surface area contributed by atoms with Crippen LogP contribution in [0.15, 0.2) is 0 Å². The minimum absolute atomic E-state index is 0.109. The summed E-state index contributed by atoms with van der Waals surface area (Å²) in [4.78, 5) is 0. The summed E-state index contributed by atoms with van der Waals surface area (Å²) in [6.45, 7) is 7.00. The summed E-state index contributed by atoms with van der Waals surface area (Å²) >= 11 is 0. The number of methoxy groups -OCH3 is 1. The molecule has 0 spiro atoms. The highest BCUT2D eigenvalue weighted by Crippen LogP contribution is 2.32. The third-order valence-electron chi connectivity index (χ3n) is 3.25. The summed E-state index contributed by atoms with van der Waals surface area (Å²) in [6, 6.07) is 0.542. The van der Waals surface area contributed by atoms with Crippen molar-refractivity contribution >= 4 is 0 Å². The number of rotatable bonds is 8. The Morgan fingerprint density at radius 3 is 2.44 bits per heavy atom. The molecule has 0 amide bonds. The Hall–Kier alpha value is -0.120. The molecule has 16 heavy (non-hydrogen) atoms. The predicted molar refractivity (Wildman–Crippen MR) is 66.8 cm³/mol. The van der Waals surface area contributed by atoms with Crippen LogP contribution in [0, 0.1) is 0 Å². The van der Waals surface area contributed by atoms with Gasteiger partial charge in [0, 0.05) is 32.9 Å². The lowest BCUT2D eigenvalue weighted by Gasteiger charge is -2.30. The molecule has 0 aromatic heterocycles. The molecule has 0 saturated heterocycles. The van der Waals surface area contributed by atoms with Crippen molar-refractivity contribution in [3.8, 4) is 0 Å². The summed E-state index contributed by atoms with van der Waals surface area (Å²) in [5, 5.41) is 3.51. The molecule has 0 aromatic rings. The predicted octanol–water partition coefficient (Wildman–Crippen LogP) is 2.35. The van der Waals surface area contributed by atoms with Crippen molar-refractivity contribution in [2.24, 2.45) is 0 Å². The molecule has 0 aromatic carbocycles. The third-order valence-corrected chi connectivity index (χ3v) is 3.25. The lowest BCUT2D eigenvalue weighted by molar-refractivity contribution is -0.0460. The Balaban J connectivity index is 2.27. The molecule has 3 heteroatoms. The van der Waals surface area contributed by atoms with Crippen molar-refractivity contribution < 1.29 is 9.47 Å². The standard InChI is InChI=1S/C13H27NO2/c1-12(2)14-11-13(7-4-5-8-13)16-10-6-9-15-3/h12,14H,4-11H2,1-3H3. The Morgan fingerprint density at radius 1 is 1.19 bits per heavy atom. The smallest absolute Gasteiger partial charge is 0.0806 e. The fourth-order valence-corrected chi connectivity index (χ4v) is 2.27. The van der Waals surface area contributed by atoms with E-state index in [-0.39, 0.29) is 5.60 Å². The fourth-order valence-electron chi connectivity index (χ4n) is 2.27. The minimum Gasteiger partial charge on any atom is -0.385 e. The highest BCUT2D eigenvalue weighted by molar-refractivity contribution is 4.89. The molecule has 96 valence electrons. The van der Waals surface area contributed by atoms with E-state index in [1.54, 1.807) is 7.11 Å². The van der Waals surface area contributed by atoms with Gasteiger partial charge in [-0.15, -0.1) is 0 Å². The van der Waals surface area contributed by atoms with E-state index in [4.69, 9.17) is 9.47 Å². The van der Waals surface area contributed by atoms with E-state index in [1.807, 2.05) is 0 Å². The Bertz CT molecular complexity index is 177. The zero-order chi connectivity index (χ0) is 11.9. The summed E-state index contributed by atoms with van der Waals surface area (Å²) in [7, 11) is 1.74. The van der Waals surface area contributed by atoms with Crippen molar-refractivity contribution in [2.75, 3.05) is 26.9 Å². The molecule has 1 aliphatic rings. The number of ether oxygens (including phenoxy) is 2. The van der Waals surface area contributed by atoms with E-state index >= 15 is 0 Å². The van der Waals surface area contributed by atoms with Crippen LogP contribution in [-0.4, -0.2) is 38.5 Å². The van der Waals surface area contributed by atoms with Crippen molar-refractivity contribution in [2.45, 2.75) is 57.6 Å². The van der Waals surface area contributed by atoms with Crippen molar-refractivity contribution in [3.05, 3.63) is 0 Å². The number of nitrogens with one attached hydrogen (secondary N) is 1. The second-order valence-electron chi connectivity index (χ2n) is 5.12. The van der Waals surface area contributed by atoms with Gasteiger partial charge in [0.25, 0.3) is 0 Å². The van der Waals surface area contributed by atoms with Gasteiger partial charge in [-0.05, 0) is 19.3 Å². The van der Waals surface area contributed by atoms with Crippen molar-refractivity contribution in [1.29, 1.82) is 0 Å². The van der Waals surface area contributed by atoms with Gasteiger partial charge in [0.15, 0.2) is 0 Å². The normalized spacial score (nSPS) is 19.5. The van der Waals surface area contributed by atoms with E-state index in [0.29, 0.717) is 6.04 Å².